The molecule has 2 aromatic rings. The van der Waals surface area contributed by atoms with Crippen LogP contribution in [0.5, 0.6) is 0 Å². The third kappa shape index (κ3) is 3.83. The Morgan fingerprint density at radius 3 is 2.80 bits per heavy atom. The molecule has 0 unspecified atom stereocenters. The van der Waals surface area contributed by atoms with E-state index in [0.717, 1.165) is 36.7 Å². The number of fused-ring (bicyclic) bond motifs is 3. The molecule has 1 aliphatic carbocycles. The number of para-hydroxylation sites is 2. The molecule has 0 radical (unpaired) electrons. The van der Waals surface area contributed by atoms with Crippen LogP contribution >= 0.6 is 0 Å². The number of hydrogen-bond donors (Lipinski definition) is 1. The number of carbonyl (C=O) groups excluding carboxylic acids is 2. The van der Waals surface area contributed by atoms with Gasteiger partial charge in [-0.15, -0.1) is 0 Å². The molecule has 1 fully saturated rings. The molecule has 2 heterocycles. The van der Waals surface area contributed by atoms with Crippen LogP contribution in [0, 0.1) is 0 Å². The van der Waals surface area contributed by atoms with Gasteiger partial charge in [-0.2, -0.15) is 0 Å². The van der Waals surface area contributed by atoms with Crippen molar-refractivity contribution in [3.63, 3.8) is 0 Å². The average Bonchev–Trinajstić information content (AvgIpc) is 3.12. The lowest BCUT2D eigenvalue weighted by Crippen LogP contribution is -2.65. The molecule has 0 bridgehead atoms. The first-order valence-electron chi connectivity index (χ1n) is 11.2. The summed E-state index contributed by atoms with van der Waals surface area (Å²) in [6, 6.07) is 7.93. The van der Waals surface area contributed by atoms with E-state index in [9.17, 15) is 9.59 Å². The standard InChI is InChI=1S/C23H32N4O3/c1-3-30-15-9-14-27-21(28)20-25-18-12-7-8-13-19(18)26(20)16-23(27,2)22(29)24-17-10-5-4-6-11-17/h7-8,12-13,17H,3-6,9-11,14-16H2,1-2H3,(H,24,29)/t23-/m0/s1. The quantitative estimate of drug-likeness (QED) is 0.709. The summed E-state index contributed by atoms with van der Waals surface area (Å²) < 4.78 is 7.38. The fourth-order valence-electron chi connectivity index (χ4n) is 4.74. The van der Waals surface area contributed by atoms with Crippen molar-refractivity contribution >= 4 is 22.8 Å². The van der Waals surface area contributed by atoms with E-state index in [-0.39, 0.29) is 17.9 Å². The highest BCUT2D eigenvalue weighted by Gasteiger charge is 2.48. The van der Waals surface area contributed by atoms with Crippen molar-refractivity contribution in [3.05, 3.63) is 30.1 Å². The summed E-state index contributed by atoms with van der Waals surface area (Å²) >= 11 is 0. The lowest BCUT2D eigenvalue weighted by atomic mass is 9.91. The molecule has 1 aromatic heterocycles. The topological polar surface area (TPSA) is 76.5 Å². The fraction of sp³-hybridized carbons (Fsp3) is 0.609. The van der Waals surface area contributed by atoms with Gasteiger partial charge in [0, 0.05) is 25.8 Å². The molecule has 2 amide bonds. The van der Waals surface area contributed by atoms with E-state index < -0.39 is 5.54 Å². The molecule has 7 nitrogen and oxygen atoms in total. The van der Waals surface area contributed by atoms with E-state index in [2.05, 4.69) is 10.3 Å². The van der Waals surface area contributed by atoms with E-state index in [4.69, 9.17) is 4.74 Å². The van der Waals surface area contributed by atoms with Crippen LogP contribution in [-0.2, 0) is 16.1 Å². The molecule has 1 saturated carbocycles. The van der Waals surface area contributed by atoms with Gasteiger partial charge in [0.2, 0.25) is 5.91 Å². The predicted molar refractivity (Wildman–Crippen MR) is 115 cm³/mol. The van der Waals surface area contributed by atoms with Crippen molar-refractivity contribution < 1.29 is 14.3 Å². The Labute approximate surface area is 177 Å². The fourth-order valence-corrected chi connectivity index (χ4v) is 4.74. The second-order valence-electron chi connectivity index (χ2n) is 8.60. The van der Waals surface area contributed by atoms with Gasteiger partial charge in [0.25, 0.3) is 5.91 Å². The third-order valence-electron chi connectivity index (χ3n) is 6.46. The Hall–Kier alpha value is -2.41. The van der Waals surface area contributed by atoms with Crippen LogP contribution < -0.4 is 5.32 Å². The summed E-state index contributed by atoms with van der Waals surface area (Å²) in [5.74, 6) is 0.161. The first kappa shape index (κ1) is 20.8. The zero-order chi connectivity index (χ0) is 21.1. The minimum absolute atomic E-state index is 0.0670. The van der Waals surface area contributed by atoms with Crippen molar-refractivity contribution in [3.8, 4) is 0 Å². The molecule has 1 aliphatic heterocycles. The van der Waals surface area contributed by atoms with Gasteiger partial charge >= 0.3 is 0 Å². The Kier molecular flexibility index (Phi) is 6.09. The Balaban J connectivity index is 1.65. The molecule has 7 heteroatoms. The SMILES string of the molecule is CCOCCCN1C(=O)c2nc3ccccc3n2C[C@@]1(C)C(=O)NC1CCCCC1. The van der Waals surface area contributed by atoms with E-state index >= 15 is 0 Å². The number of ether oxygens (including phenoxy) is 1. The van der Waals surface area contributed by atoms with Crippen LogP contribution in [0.1, 0.15) is 63.0 Å². The Morgan fingerprint density at radius 2 is 2.03 bits per heavy atom. The predicted octanol–water partition coefficient (Wildman–Crippen LogP) is 3.13. The number of amides is 2. The number of hydrogen-bond acceptors (Lipinski definition) is 4. The van der Waals surface area contributed by atoms with Gasteiger partial charge in [-0.3, -0.25) is 9.59 Å². The zero-order valence-electron chi connectivity index (χ0n) is 18.0. The highest BCUT2D eigenvalue weighted by molar-refractivity contribution is 6.01. The van der Waals surface area contributed by atoms with Gasteiger partial charge in [-0.25, -0.2) is 4.98 Å². The van der Waals surface area contributed by atoms with E-state index in [1.165, 1.54) is 6.42 Å². The second kappa shape index (κ2) is 8.76. The minimum Gasteiger partial charge on any atom is -0.382 e. The van der Waals surface area contributed by atoms with Gasteiger partial charge in [0.05, 0.1) is 17.6 Å². The molecule has 2 aliphatic rings. The van der Waals surface area contributed by atoms with Crippen LogP contribution in [0.3, 0.4) is 0 Å². The van der Waals surface area contributed by atoms with Gasteiger partial charge < -0.3 is 19.5 Å². The third-order valence-corrected chi connectivity index (χ3v) is 6.46. The number of nitrogens with one attached hydrogen (secondary N) is 1. The Bertz CT molecular complexity index is 918. The maximum Gasteiger partial charge on any atom is 0.290 e. The monoisotopic (exact) mass is 412 g/mol. The summed E-state index contributed by atoms with van der Waals surface area (Å²) in [5, 5.41) is 3.25. The molecule has 1 N–H and O–H groups in total. The average molecular weight is 413 g/mol. The van der Waals surface area contributed by atoms with Crippen LogP contribution in [0.15, 0.2) is 24.3 Å². The van der Waals surface area contributed by atoms with Gasteiger partial charge in [-0.1, -0.05) is 31.4 Å². The molecule has 0 saturated heterocycles. The highest BCUT2D eigenvalue weighted by atomic mass is 16.5. The lowest BCUT2D eigenvalue weighted by molar-refractivity contribution is -0.134. The van der Waals surface area contributed by atoms with Crippen LogP contribution in [0.25, 0.3) is 11.0 Å². The molecule has 1 aromatic carbocycles. The van der Waals surface area contributed by atoms with Crippen molar-refractivity contribution in [2.45, 2.75) is 70.5 Å². The number of rotatable bonds is 7. The molecule has 1 atom stereocenters. The van der Waals surface area contributed by atoms with Crippen molar-refractivity contribution in [2.24, 2.45) is 0 Å². The second-order valence-corrected chi connectivity index (χ2v) is 8.60. The number of benzene rings is 1. The maximum atomic E-state index is 13.5. The van der Waals surface area contributed by atoms with Crippen molar-refractivity contribution in [1.29, 1.82) is 0 Å². The van der Waals surface area contributed by atoms with Crippen LogP contribution in [0.4, 0.5) is 0 Å². The van der Waals surface area contributed by atoms with E-state index in [1.54, 1.807) is 4.90 Å². The maximum absolute atomic E-state index is 13.5. The zero-order valence-corrected chi connectivity index (χ0v) is 18.0. The van der Waals surface area contributed by atoms with Gasteiger partial charge in [0.15, 0.2) is 5.82 Å². The summed E-state index contributed by atoms with van der Waals surface area (Å²) in [6.07, 6.45) is 6.24. The Morgan fingerprint density at radius 1 is 1.27 bits per heavy atom. The van der Waals surface area contributed by atoms with E-state index in [0.29, 0.717) is 38.5 Å². The molecular formula is C23H32N4O3. The summed E-state index contributed by atoms with van der Waals surface area (Å²) in [6.45, 7) is 5.93. The lowest BCUT2D eigenvalue weighted by Gasteiger charge is -2.44. The molecular weight excluding hydrogens is 380 g/mol. The summed E-state index contributed by atoms with van der Waals surface area (Å²) in [4.78, 5) is 33.3. The molecule has 0 spiro atoms. The summed E-state index contributed by atoms with van der Waals surface area (Å²) in [5.41, 5.74) is 0.718. The molecule has 4 rings (SSSR count). The number of carbonyl (C=O) groups is 2. The molecule has 30 heavy (non-hydrogen) atoms. The number of nitrogens with zero attached hydrogens (tertiary/aromatic N) is 3. The largest absolute Gasteiger partial charge is 0.382 e. The molecule has 162 valence electrons. The van der Waals surface area contributed by atoms with Crippen LogP contribution in [0.2, 0.25) is 0 Å². The van der Waals surface area contributed by atoms with Crippen LogP contribution in [-0.4, -0.2) is 57.6 Å². The first-order valence-corrected chi connectivity index (χ1v) is 11.2. The smallest absolute Gasteiger partial charge is 0.290 e. The number of imidazole rings is 1. The van der Waals surface area contributed by atoms with Crippen molar-refractivity contribution in [1.82, 2.24) is 19.8 Å². The van der Waals surface area contributed by atoms with Crippen molar-refractivity contribution in [2.75, 3.05) is 19.8 Å². The highest BCUT2D eigenvalue weighted by Crippen LogP contribution is 2.31. The normalized spacial score (nSPS) is 22.3. The minimum atomic E-state index is -0.961. The first-order chi connectivity index (χ1) is 14.5. The van der Waals surface area contributed by atoms with E-state index in [1.807, 2.05) is 42.7 Å². The van der Waals surface area contributed by atoms with Gasteiger partial charge in [0.1, 0.15) is 5.54 Å². The van der Waals surface area contributed by atoms with Gasteiger partial charge in [-0.05, 0) is 45.2 Å². The summed E-state index contributed by atoms with van der Waals surface area (Å²) in [7, 11) is 0. The number of aromatic nitrogens is 2.